The monoisotopic (exact) mass is 500 g/mol. The number of esters is 2. The van der Waals surface area contributed by atoms with E-state index in [4.69, 9.17) is 4.74 Å². The molecular formula is C26H29FN2O7. The van der Waals surface area contributed by atoms with Crippen LogP contribution in [0.2, 0.25) is 0 Å². The fraction of sp³-hybridized carbons (Fsp3) is 0.385. The van der Waals surface area contributed by atoms with E-state index in [0.717, 1.165) is 0 Å². The molecule has 2 aromatic rings. The maximum Gasteiger partial charge on any atom is 0.353 e. The van der Waals surface area contributed by atoms with Crippen molar-refractivity contribution in [3.05, 3.63) is 60.7 Å². The summed E-state index contributed by atoms with van der Waals surface area (Å²) in [6, 6.07) is 17.7. The Morgan fingerprint density at radius 2 is 1.25 bits per heavy atom. The first-order valence-electron chi connectivity index (χ1n) is 11.7. The first kappa shape index (κ1) is 26.8. The van der Waals surface area contributed by atoms with Crippen LogP contribution in [0.5, 0.6) is 0 Å². The second-order valence-corrected chi connectivity index (χ2v) is 8.19. The van der Waals surface area contributed by atoms with Crippen LogP contribution in [0.3, 0.4) is 0 Å². The topological polar surface area (TPSA) is 113 Å². The molecule has 2 atom stereocenters. The first-order valence-corrected chi connectivity index (χ1v) is 11.7. The minimum Gasteiger partial charge on any atom is -0.463 e. The number of rotatable bonds is 6. The number of carbonyl (C=O) groups excluding carboxylic acids is 4. The summed E-state index contributed by atoms with van der Waals surface area (Å²) in [4.78, 5) is 49.9. The van der Waals surface area contributed by atoms with E-state index in [9.17, 15) is 28.7 Å². The summed E-state index contributed by atoms with van der Waals surface area (Å²) < 4.78 is 23.7. The largest absolute Gasteiger partial charge is 0.463 e. The van der Waals surface area contributed by atoms with Gasteiger partial charge in [0.2, 0.25) is 5.60 Å². The van der Waals surface area contributed by atoms with E-state index in [-0.39, 0.29) is 32.6 Å². The van der Waals surface area contributed by atoms with Crippen molar-refractivity contribution in [1.82, 2.24) is 0 Å². The van der Waals surface area contributed by atoms with E-state index < -0.39 is 35.0 Å². The van der Waals surface area contributed by atoms with E-state index in [0.29, 0.717) is 17.9 Å². The zero-order valence-electron chi connectivity index (χ0n) is 20.2. The Hall–Kier alpha value is -3.79. The average molecular weight is 501 g/mol. The predicted molar refractivity (Wildman–Crippen MR) is 129 cm³/mol. The van der Waals surface area contributed by atoms with Crippen LogP contribution in [0.15, 0.2) is 60.7 Å². The highest BCUT2D eigenvalue weighted by Crippen LogP contribution is 2.32. The summed E-state index contributed by atoms with van der Waals surface area (Å²) in [5.74, 6) is -3.42. The van der Waals surface area contributed by atoms with Crippen molar-refractivity contribution in [2.24, 2.45) is 0 Å². The third kappa shape index (κ3) is 5.23. The highest BCUT2D eigenvalue weighted by atomic mass is 19.1. The van der Waals surface area contributed by atoms with Gasteiger partial charge >= 0.3 is 11.9 Å². The van der Waals surface area contributed by atoms with Gasteiger partial charge in [0.1, 0.15) is 0 Å². The SMILES string of the molecule is CCOC(=O)[C@@]1(O)CCN(c2ccccc2)C1=O.CCOC(=O)[C@]1(F)CCN(c2ccccc2)C1=O. The number of alkyl halides is 1. The normalized spacial score (nSPS) is 23.2. The number of amides is 2. The Labute approximate surface area is 208 Å². The summed E-state index contributed by atoms with van der Waals surface area (Å²) >= 11 is 0. The Morgan fingerprint density at radius 3 is 1.75 bits per heavy atom. The van der Waals surface area contributed by atoms with E-state index >= 15 is 0 Å². The maximum atomic E-state index is 14.4. The van der Waals surface area contributed by atoms with Crippen molar-refractivity contribution < 1.29 is 38.1 Å². The van der Waals surface area contributed by atoms with Gasteiger partial charge in [0.25, 0.3) is 17.5 Å². The zero-order valence-corrected chi connectivity index (χ0v) is 20.2. The van der Waals surface area contributed by atoms with Crippen LogP contribution in [0, 0.1) is 0 Å². The van der Waals surface area contributed by atoms with Gasteiger partial charge in [-0.05, 0) is 38.1 Å². The number of anilines is 2. The van der Waals surface area contributed by atoms with Crippen LogP contribution >= 0.6 is 0 Å². The molecule has 0 aromatic heterocycles. The Kier molecular flexibility index (Phi) is 8.41. The maximum absolute atomic E-state index is 14.4. The average Bonchev–Trinajstić information content (AvgIpc) is 3.37. The molecule has 2 saturated heterocycles. The highest BCUT2D eigenvalue weighted by molar-refractivity contribution is 6.15. The second-order valence-electron chi connectivity index (χ2n) is 8.19. The van der Waals surface area contributed by atoms with Crippen molar-refractivity contribution in [3.63, 3.8) is 0 Å². The summed E-state index contributed by atoms with van der Waals surface area (Å²) in [5, 5.41) is 10.1. The molecule has 0 saturated carbocycles. The first-order chi connectivity index (χ1) is 17.2. The molecule has 10 heteroatoms. The molecule has 36 heavy (non-hydrogen) atoms. The van der Waals surface area contributed by atoms with Crippen LogP contribution in [0.1, 0.15) is 26.7 Å². The lowest BCUT2D eigenvalue weighted by atomic mass is 10.0. The molecule has 0 aliphatic carbocycles. The predicted octanol–water partition coefficient (Wildman–Crippen LogP) is 2.41. The van der Waals surface area contributed by atoms with Crippen LogP contribution in [0.4, 0.5) is 15.8 Å². The van der Waals surface area contributed by atoms with E-state index in [1.54, 1.807) is 68.4 Å². The molecule has 2 amide bonds. The summed E-state index contributed by atoms with van der Waals surface area (Å²) in [5.41, 5.74) is -3.31. The second kappa shape index (κ2) is 11.3. The highest BCUT2D eigenvalue weighted by Gasteiger charge is 2.55. The van der Waals surface area contributed by atoms with Crippen LogP contribution in [-0.4, -0.2) is 66.4 Å². The van der Waals surface area contributed by atoms with Gasteiger partial charge in [0, 0.05) is 37.3 Å². The van der Waals surface area contributed by atoms with Crippen molar-refractivity contribution in [1.29, 1.82) is 0 Å². The molecule has 4 rings (SSSR count). The lowest BCUT2D eigenvalue weighted by Crippen LogP contribution is -2.47. The van der Waals surface area contributed by atoms with Gasteiger partial charge in [-0.3, -0.25) is 9.59 Å². The van der Waals surface area contributed by atoms with Crippen LogP contribution < -0.4 is 9.80 Å². The van der Waals surface area contributed by atoms with Gasteiger partial charge in [0.05, 0.1) is 13.2 Å². The number of halogens is 1. The molecule has 9 nitrogen and oxygen atoms in total. The molecule has 2 fully saturated rings. The molecule has 2 aromatic carbocycles. The molecule has 0 bridgehead atoms. The summed E-state index contributed by atoms with van der Waals surface area (Å²) in [6.07, 6.45) is -0.112. The number of hydrogen-bond acceptors (Lipinski definition) is 7. The third-order valence-corrected chi connectivity index (χ3v) is 5.91. The van der Waals surface area contributed by atoms with Crippen molar-refractivity contribution in [2.75, 3.05) is 36.1 Å². The standard InChI is InChI=1S/C13H14FNO3.C13H15NO4/c1-2-18-12(17)13(14)8-9-15(11(13)16)10-6-4-3-5-7-10;1-2-18-12(16)13(17)8-9-14(11(13)15)10-6-4-3-5-7-10/h3-7H,2,8-9H2,1H3;3-7,17H,2,8-9H2,1H3/t2*13-/m01/s1. The molecule has 2 heterocycles. The quantitative estimate of drug-likeness (QED) is 0.479. The summed E-state index contributed by atoms with van der Waals surface area (Å²) in [6.45, 7) is 3.89. The number of para-hydroxylation sites is 2. The Morgan fingerprint density at radius 1 is 0.806 bits per heavy atom. The van der Waals surface area contributed by atoms with Gasteiger partial charge in [-0.25, -0.2) is 14.0 Å². The molecular weight excluding hydrogens is 471 g/mol. The molecule has 1 N–H and O–H groups in total. The molecule has 0 radical (unpaired) electrons. The molecule has 2 aliphatic heterocycles. The van der Waals surface area contributed by atoms with Crippen LogP contribution in [0.25, 0.3) is 0 Å². The molecule has 0 spiro atoms. The molecule has 192 valence electrons. The smallest absolute Gasteiger partial charge is 0.353 e. The summed E-state index contributed by atoms with van der Waals surface area (Å²) in [7, 11) is 0. The third-order valence-electron chi connectivity index (χ3n) is 5.91. The Bertz CT molecular complexity index is 1010. The van der Waals surface area contributed by atoms with E-state index in [1.165, 1.54) is 9.80 Å². The number of nitrogens with zero attached hydrogens (tertiary/aromatic N) is 2. The van der Waals surface area contributed by atoms with E-state index in [1.807, 2.05) is 6.07 Å². The van der Waals surface area contributed by atoms with Gasteiger partial charge in [-0.1, -0.05) is 36.4 Å². The zero-order chi connectivity index (χ0) is 26.3. The lowest BCUT2D eigenvalue weighted by Gasteiger charge is -2.20. The van der Waals surface area contributed by atoms with Crippen LogP contribution in [-0.2, 0) is 28.7 Å². The fourth-order valence-corrected chi connectivity index (χ4v) is 3.98. The van der Waals surface area contributed by atoms with Gasteiger partial charge in [-0.15, -0.1) is 0 Å². The van der Waals surface area contributed by atoms with Crippen molar-refractivity contribution in [2.45, 2.75) is 38.0 Å². The number of ether oxygens (including phenoxy) is 2. The fourth-order valence-electron chi connectivity index (χ4n) is 3.98. The molecule has 2 aliphatic rings. The number of carbonyl (C=O) groups is 4. The Balaban J connectivity index is 0.000000201. The van der Waals surface area contributed by atoms with E-state index in [2.05, 4.69) is 4.74 Å². The number of aliphatic hydroxyl groups is 1. The minimum atomic E-state index is -2.54. The van der Waals surface area contributed by atoms with Gasteiger partial charge < -0.3 is 24.4 Å². The van der Waals surface area contributed by atoms with Crippen molar-refractivity contribution >= 4 is 35.1 Å². The van der Waals surface area contributed by atoms with Crippen molar-refractivity contribution in [3.8, 4) is 0 Å². The molecule has 0 unspecified atom stereocenters. The lowest BCUT2D eigenvalue weighted by molar-refractivity contribution is -0.168. The van der Waals surface area contributed by atoms with Gasteiger partial charge in [-0.2, -0.15) is 0 Å². The minimum absolute atomic E-state index is 0.0551. The van der Waals surface area contributed by atoms with Gasteiger partial charge in [0.15, 0.2) is 0 Å². The number of hydrogen-bond donors (Lipinski definition) is 1. The number of benzene rings is 2.